The molecule has 5 heteroatoms. The van der Waals surface area contributed by atoms with Gasteiger partial charge in [0.05, 0.1) is 10.7 Å². The van der Waals surface area contributed by atoms with Gasteiger partial charge in [-0.25, -0.2) is 0 Å². The summed E-state index contributed by atoms with van der Waals surface area (Å²) in [5, 5.41) is 0.568. The second kappa shape index (κ2) is 9.33. The molecule has 0 aliphatic carbocycles. The highest BCUT2D eigenvalue weighted by molar-refractivity contribution is 6.33. The maximum atomic E-state index is 12.6. The first-order valence-corrected chi connectivity index (χ1v) is 10.4. The lowest BCUT2D eigenvalue weighted by Gasteiger charge is -2.32. The Morgan fingerprint density at radius 2 is 2.00 bits per heavy atom. The molecule has 0 aromatic heterocycles. The van der Waals surface area contributed by atoms with Crippen LogP contribution in [0.15, 0.2) is 48.5 Å². The second-order valence-electron chi connectivity index (χ2n) is 8.03. The van der Waals surface area contributed by atoms with Crippen molar-refractivity contribution in [3.8, 4) is 0 Å². The van der Waals surface area contributed by atoms with Crippen LogP contribution in [0.2, 0.25) is 5.02 Å². The van der Waals surface area contributed by atoms with Crippen molar-refractivity contribution >= 4 is 28.9 Å². The van der Waals surface area contributed by atoms with Gasteiger partial charge in [-0.1, -0.05) is 55.8 Å². The minimum Gasteiger partial charge on any atom is -0.398 e. The van der Waals surface area contributed by atoms with Crippen LogP contribution in [-0.4, -0.2) is 29.9 Å². The van der Waals surface area contributed by atoms with Crippen LogP contribution in [0.5, 0.6) is 0 Å². The average molecular weight is 400 g/mol. The number of nitrogens with zero attached hydrogens (tertiary/aromatic N) is 2. The van der Waals surface area contributed by atoms with Crippen molar-refractivity contribution in [2.45, 2.75) is 45.7 Å². The predicted octanol–water partition coefficient (Wildman–Crippen LogP) is 4.97. The summed E-state index contributed by atoms with van der Waals surface area (Å²) in [4.78, 5) is 17.0. The summed E-state index contributed by atoms with van der Waals surface area (Å²) < 4.78 is 0. The van der Waals surface area contributed by atoms with Gasteiger partial charge in [-0.05, 0) is 42.5 Å². The van der Waals surface area contributed by atoms with Crippen LogP contribution >= 0.6 is 11.6 Å². The first-order chi connectivity index (χ1) is 13.4. The van der Waals surface area contributed by atoms with Gasteiger partial charge in [0, 0.05) is 37.8 Å². The van der Waals surface area contributed by atoms with Crippen LogP contribution in [0.1, 0.15) is 38.7 Å². The Labute approximate surface area is 173 Å². The Balaban J connectivity index is 1.77. The summed E-state index contributed by atoms with van der Waals surface area (Å²) in [5.74, 6) is 0.819. The number of halogens is 1. The van der Waals surface area contributed by atoms with Crippen molar-refractivity contribution in [3.63, 3.8) is 0 Å². The van der Waals surface area contributed by atoms with Crippen molar-refractivity contribution in [2.24, 2.45) is 5.92 Å². The van der Waals surface area contributed by atoms with Gasteiger partial charge in [-0.2, -0.15) is 0 Å². The van der Waals surface area contributed by atoms with E-state index in [0.29, 0.717) is 23.0 Å². The standard InChI is InChI=1S/C23H30ClN3O/c1-17(2)8-11-23(28)26-13-12-20(16-26)27(15-18-6-4-3-5-7-18)19-9-10-22(25)21(24)14-19/h3-7,9-10,14,17,20H,8,11-13,15-16,25H2,1-2H3/t20-/m0/s1. The molecule has 0 radical (unpaired) electrons. The molecule has 1 heterocycles. The van der Waals surface area contributed by atoms with Crippen molar-refractivity contribution < 1.29 is 4.79 Å². The monoisotopic (exact) mass is 399 g/mol. The van der Waals surface area contributed by atoms with Gasteiger partial charge in [0.2, 0.25) is 5.91 Å². The number of amides is 1. The first kappa shape index (κ1) is 20.5. The number of carbonyl (C=O) groups is 1. The zero-order chi connectivity index (χ0) is 20.1. The Morgan fingerprint density at radius 3 is 2.68 bits per heavy atom. The van der Waals surface area contributed by atoms with Gasteiger partial charge in [0.1, 0.15) is 0 Å². The normalized spacial score (nSPS) is 16.6. The number of likely N-dealkylation sites (tertiary alicyclic amines) is 1. The maximum Gasteiger partial charge on any atom is 0.222 e. The van der Waals surface area contributed by atoms with E-state index in [1.165, 1.54) is 5.56 Å². The van der Waals surface area contributed by atoms with Crippen molar-refractivity contribution in [3.05, 3.63) is 59.1 Å². The molecule has 1 atom stereocenters. The molecule has 2 aromatic rings. The Hall–Kier alpha value is -2.20. The van der Waals surface area contributed by atoms with Crippen LogP contribution in [0.3, 0.4) is 0 Å². The second-order valence-corrected chi connectivity index (χ2v) is 8.44. The largest absolute Gasteiger partial charge is 0.398 e. The summed E-state index contributed by atoms with van der Waals surface area (Å²) in [7, 11) is 0. The Bertz CT molecular complexity index is 794. The average Bonchev–Trinajstić information content (AvgIpc) is 3.17. The zero-order valence-electron chi connectivity index (χ0n) is 16.8. The van der Waals surface area contributed by atoms with Crippen LogP contribution in [0.4, 0.5) is 11.4 Å². The van der Waals surface area contributed by atoms with E-state index in [1.54, 1.807) is 0 Å². The smallest absolute Gasteiger partial charge is 0.222 e. The predicted molar refractivity (Wildman–Crippen MR) is 118 cm³/mol. The van der Waals surface area contributed by atoms with E-state index in [0.717, 1.165) is 38.2 Å². The van der Waals surface area contributed by atoms with Crippen molar-refractivity contribution in [2.75, 3.05) is 23.7 Å². The molecule has 3 rings (SSSR count). The molecule has 0 unspecified atom stereocenters. The molecule has 0 bridgehead atoms. The summed E-state index contributed by atoms with van der Waals surface area (Å²) >= 11 is 6.30. The van der Waals surface area contributed by atoms with Crippen LogP contribution in [-0.2, 0) is 11.3 Å². The number of rotatable bonds is 7. The Morgan fingerprint density at radius 1 is 1.25 bits per heavy atom. The highest BCUT2D eigenvalue weighted by Gasteiger charge is 2.30. The summed E-state index contributed by atoms with van der Waals surface area (Å²) in [6, 6.07) is 16.5. The van der Waals surface area contributed by atoms with Gasteiger partial charge in [-0.15, -0.1) is 0 Å². The zero-order valence-corrected chi connectivity index (χ0v) is 17.5. The third-order valence-electron chi connectivity index (χ3n) is 5.40. The van der Waals surface area contributed by atoms with E-state index in [-0.39, 0.29) is 11.9 Å². The third-order valence-corrected chi connectivity index (χ3v) is 5.73. The first-order valence-electron chi connectivity index (χ1n) is 10.1. The number of nitrogens with two attached hydrogens (primary N) is 1. The van der Waals surface area contributed by atoms with Crippen molar-refractivity contribution in [1.82, 2.24) is 4.90 Å². The molecule has 0 spiro atoms. The molecule has 0 saturated carbocycles. The fourth-order valence-corrected chi connectivity index (χ4v) is 3.87. The summed E-state index contributed by atoms with van der Waals surface area (Å²) in [6.45, 7) is 6.67. The van der Waals surface area contributed by atoms with E-state index in [2.05, 4.69) is 43.0 Å². The molecule has 1 aliphatic heterocycles. The SMILES string of the molecule is CC(C)CCC(=O)N1CC[C@H](N(Cc2ccccc2)c2ccc(N)c(Cl)c2)C1. The molecule has 1 aliphatic rings. The fraction of sp³-hybridized carbons (Fsp3) is 0.435. The molecule has 150 valence electrons. The number of hydrogen-bond donors (Lipinski definition) is 1. The van der Waals surface area contributed by atoms with Gasteiger partial charge in [0.15, 0.2) is 0 Å². The van der Waals surface area contributed by atoms with E-state index in [4.69, 9.17) is 17.3 Å². The molecule has 4 nitrogen and oxygen atoms in total. The van der Waals surface area contributed by atoms with Crippen molar-refractivity contribution in [1.29, 1.82) is 0 Å². The molecule has 1 saturated heterocycles. The highest BCUT2D eigenvalue weighted by atomic mass is 35.5. The third kappa shape index (κ3) is 5.20. The number of hydrogen-bond acceptors (Lipinski definition) is 3. The molecule has 28 heavy (non-hydrogen) atoms. The van der Waals surface area contributed by atoms with Crippen LogP contribution in [0, 0.1) is 5.92 Å². The lowest BCUT2D eigenvalue weighted by atomic mass is 10.1. The van der Waals surface area contributed by atoms with Crippen LogP contribution < -0.4 is 10.6 Å². The van der Waals surface area contributed by atoms with Crippen LogP contribution in [0.25, 0.3) is 0 Å². The van der Waals surface area contributed by atoms with E-state index in [9.17, 15) is 4.79 Å². The van der Waals surface area contributed by atoms with Gasteiger partial charge >= 0.3 is 0 Å². The molecule has 1 amide bonds. The lowest BCUT2D eigenvalue weighted by Crippen LogP contribution is -2.38. The summed E-state index contributed by atoms with van der Waals surface area (Å²) in [5.41, 5.74) is 8.78. The Kier molecular flexibility index (Phi) is 6.84. The minimum absolute atomic E-state index is 0.267. The quantitative estimate of drug-likeness (QED) is 0.669. The summed E-state index contributed by atoms with van der Waals surface area (Å²) in [6.07, 6.45) is 2.54. The van der Waals surface area contributed by atoms with E-state index in [1.807, 2.05) is 29.2 Å². The lowest BCUT2D eigenvalue weighted by molar-refractivity contribution is -0.130. The van der Waals surface area contributed by atoms with E-state index < -0.39 is 0 Å². The van der Waals surface area contributed by atoms with Gasteiger partial charge in [0.25, 0.3) is 0 Å². The topological polar surface area (TPSA) is 49.6 Å². The van der Waals surface area contributed by atoms with E-state index >= 15 is 0 Å². The molecule has 2 aromatic carbocycles. The maximum absolute atomic E-state index is 12.6. The minimum atomic E-state index is 0.267. The molecule has 2 N–H and O–H groups in total. The number of nitrogen functional groups attached to an aromatic ring is 1. The number of anilines is 2. The highest BCUT2D eigenvalue weighted by Crippen LogP contribution is 2.30. The molecular formula is C23H30ClN3O. The van der Waals surface area contributed by atoms with Gasteiger partial charge in [-0.3, -0.25) is 4.79 Å². The number of benzene rings is 2. The number of carbonyl (C=O) groups excluding carboxylic acids is 1. The van der Waals surface area contributed by atoms with Gasteiger partial charge < -0.3 is 15.5 Å². The fourth-order valence-electron chi connectivity index (χ4n) is 3.70. The molecular weight excluding hydrogens is 370 g/mol. The molecule has 1 fully saturated rings.